The number of phosphoric ester groups is 2. The van der Waals surface area contributed by atoms with Gasteiger partial charge in [0.05, 0.1) is 37.6 Å². The molecule has 3 rings (SSSR count). The summed E-state index contributed by atoms with van der Waals surface area (Å²) in [5.74, 6) is -4.28. The van der Waals surface area contributed by atoms with Gasteiger partial charge in [0.25, 0.3) is 0 Å². The van der Waals surface area contributed by atoms with E-state index in [1.54, 1.807) is 18.2 Å². The van der Waals surface area contributed by atoms with Crippen LogP contribution in [0.15, 0.2) is 102 Å². The van der Waals surface area contributed by atoms with E-state index in [0.29, 0.717) is 25.7 Å². The molecule has 23 heteroatoms. The minimum atomic E-state index is -5.73. The molecule has 0 amide bonds. The zero-order chi connectivity index (χ0) is 56.5. The maximum atomic E-state index is 13.4. The first-order chi connectivity index (χ1) is 36.9. The molecule has 2 bridgehead atoms. The van der Waals surface area contributed by atoms with Gasteiger partial charge in [-0.3, -0.25) is 23.2 Å². The number of hydrogen-bond acceptors (Lipinski definition) is 18. The molecule has 0 radical (unpaired) electrons. The highest BCUT2D eigenvalue weighted by Gasteiger charge is 2.45. The Morgan fingerprint density at radius 1 is 0.818 bits per heavy atom. The molecule has 2 unspecified atom stereocenters. The van der Waals surface area contributed by atoms with Crippen molar-refractivity contribution in [3.05, 3.63) is 108 Å². The number of rotatable bonds is 23. The van der Waals surface area contributed by atoms with Crippen molar-refractivity contribution in [2.75, 3.05) is 25.6 Å². The van der Waals surface area contributed by atoms with Crippen molar-refractivity contribution in [3.8, 4) is 0 Å². The molecular weight excluding hydrogens is 1040 g/mol. The average molecular weight is 1130 g/mol. The number of nitrogens with zero attached hydrogens (tertiary/aromatic N) is 2. The van der Waals surface area contributed by atoms with Gasteiger partial charge in [0, 0.05) is 37.3 Å². The first kappa shape index (κ1) is 67.1. The van der Waals surface area contributed by atoms with Gasteiger partial charge in [0.2, 0.25) is 0 Å². The fourth-order valence-electron chi connectivity index (χ4n) is 8.22. The number of nitrogen functional groups attached to an aromatic ring is 1. The first-order valence-corrected chi connectivity index (χ1v) is 29.8. The number of esters is 2. The van der Waals surface area contributed by atoms with Crippen LogP contribution in [-0.4, -0.2) is 119 Å². The molecule has 2 aliphatic heterocycles. The molecule has 434 valence electrons. The number of hydrogen-bond donors (Lipinski definition) is 8. The Bertz CT molecular complexity index is 2250. The van der Waals surface area contributed by atoms with Gasteiger partial charge in [-0.15, -0.1) is 0 Å². The van der Waals surface area contributed by atoms with Crippen LogP contribution in [0.3, 0.4) is 0 Å². The Balaban J connectivity index is 1.77. The molecule has 1 aromatic rings. The summed E-state index contributed by atoms with van der Waals surface area (Å²) in [4.78, 5) is 64.3. The third kappa shape index (κ3) is 28.0. The smallest absolute Gasteiger partial charge is 0.462 e. The molecule has 21 nitrogen and oxygen atoms in total. The summed E-state index contributed by atoms with van der Waals surface area (Å²) >= 11 is 0. The molecule has 1 aromatic heterocycles. The Morgan fingerprint density at radius 3 is 2.06 bits per heavy atom. The number of cyclic esters (lactones) is 1. The molecule has 77 heavy (non-hydrogen) atoms. The first-order valence-electron chi connectivity index (χ1n) is 26.9. The molecule has 0 aromatic carbocycles. The number of aliphatic hydroxyl groups excluding tert-OH is 5. The van der Waals surface area contributed by atoms with E-state index in [9.17, 15) is 58.8 Å². The van der Waals surface area contributed by atoms with Crippen LogP contribution >= 0.6 is 15.6 Å². The summed E-state index contributed by atoms with van der Waals surface area (Å²) in [6.07, 6.45) is 25.0. The number of aromatic nitrogens is 2. The second-order valence-electron chi connectivity index (χ2n) is 19.0. The number of aliphatic hydroxyl groups is 5. The van der Waals surface area contributed by atoms with Gasteiger partial charge in [0.1, 0.15) is 30.9 Å². The van der Waals surface area contributed by atoms with Crippen molar-refractivity contribution in [1.82, 2.24) is 9.55 Å². The Kier molecular flexibility index (Phi) is 32.8. The number of carbonyl (C=O) groups is 2. The normalized spacial score (nSPS) is 30.1. The molecule has 2 aliphatic rings. The summed E-state index contributed by atoms with van der Waals surface area (Å²) in [6.45, 7) is 1.38. The maximum Gasteiger partial charge on any atom is 0.481 e. The predicted molar refractivity (Wildman–Crippen MR) is 290 cm³/mol. The van der Waals surface area contributed by atoms with Gasteiger partial charge in [-0.25, -0.2) is 13.9 Å². The second kappa shape index (κ2) is 37.6. The Labute approximate surface area is 453 Å². The number of unbranched alkanes of at least 4 members (excludes halogenated alkanes) is 5. The molecule has 0 saturated carbocycles. The highest BCUT2D eigenvalue weighted by molar-refractivity contribution is 7.61. The summed E-state index contributed by atoms with van der Waals surface area (Å²) in [5, 5.41) is 57.5. The summed E-state index contributed by atoms with van der Waals surface area (Å²) in [6, 6.07) is 1.24. The van der Waals surface area contributed by atoms with Crippen LogP contribution in [0.2, 0.25) is 0 Å². The number of phosphoric acid groups is 2. The SMILES string of the molecule is CCCCC/C=C\C/C=C\C/C=C\C/C=C\C/C=C\CCC(=O)O[C@@H]1COC(=O)CCC/C=C\C[C@@H]2[C@H](n3ccc(N)nc3=O)O[C@H](COP(=O)(O)OP(=O)(O)OC1)[C@@H](O)[C@@H](O)[C@@H](/C=C/[C@@H](O)CCCCC)[C@H](O)C[C@@H]2O. The molecule has 3 heterocycles. The standard InChI is InChI=1S/C54H85N3O18P2/c1-3-5-7-8-9-10-11-12-13-14-15-16-17-18-19-20-21-22-28-32-50(62)73-42-38-70-49(61)31-27-24-23-26-30-44-46(60)37-45(59)43(34-33-41(58)29-25-6-4-2)51(63)52(64)47(40-72-77(68,69)75-76(66,67)71-39-42)74-53(44)57-36-35-48(55)56-54(57)65/h9-10,12-13,15-16,18-19,21-23,26,33-36,41-47,51-53,58-60,63-64H,3-8,11,14,17,20,24-25,27-32,37-40H2,1-2H3,(H,66,67)(H,68,69)(H2,55,56,65)/b10-9-,13-12-,16-15-,19-18-,22-21-,26-23-,34-33+/t41-,42+,43-,44-,45+,46-,47+,51-,52+,53+/m0/s1. The van der Waals surface area contributed by atoms with Crippen molar-refractivity contribution in [2.24, 2.45) is 11.8 Å². The van der Waals surface area contributed by atoms with Crippen LogP contribution in [0.4, 0.5) is 5.82 Å². The maximum absolute atomic E-state index is 13.4. The van der Waals surface area contributed by atoms with Crippen LogP contribution in [0, 0.1) is 11.8 Å². The van der Waals surface area contributed by atoms with E-state index in [1.807, 2.05) is 25.2 Å². The Morgan fingerprint density at radius 2 is 1.43 bits per heavy atom. The lowest BCUT2D eigenvalue weighted by Gasteiger charge is -2.40. The van der Waals surface area contributed by atoms with Gasteiger partial charge >= 0.3 is 33.3 Å². The van der Waals surface area contributed by atoms with Crippen LogP contribution < -0.4 is 11.4 Å². The zero-order valence-electron chi connectivity index (χ0n) is 44.6. The molecule has 9 N–H and O–H groups in total. The van der Waals surface area contributed by atoms with Crippen molar-refractivity contribution in [3.63, 3.8) is 0 Å². The average Bonchev–Trinajstić information content (AvgIpc) is 3.37. The topological polar surface area (TPSA) is 326 Å². The van der Waals surface area contributed by atoms with Gasteiger partial charge in [-0.2, -0.15) is 9.29 Å². The lowest BCUT2D eigenvalue weighted by molar-refractivity contribution is -0.194. The monoisotopic (exact) mass is 1130 g/mol. The molecule has 0 aliphatic carbocycles. The third-order valence-electron chi connectivity index (χ3n) is 12.5. The predicted octanol–water partition coefficient (Wildman–Crippen LogP) is 7.82. The van der Waals surface area contributed by atoms with Crippen LogP contribution in [0.1, 0.15) is 142 Å². The largest absolute Gasteiger partial charge is 0.481 e. The Hall–Kier alpha value is -4.18. The van der Waals surface area contributed by atoms with Crippen LogP contribution in [0.5, 0.6) is 0 Å². The summed E-state index contributed by atoms with van der Waals surface area (Å²) < 4.78 is 59.0. The second-order valence-corrected chi connectivity index (χ2v) is 22.0. The fourth-order valence-corrected chi connectivity index (χ4v) is 10.3. The number of allylic oxidation sites excluding steroid dienone is 12. The molecule has 12 atom stereocenters. The summed E-state index contributed by atoms with van der Waals surface area (Å²) in [5.41, 5.74) is 4.77. The lowest BCUT2D eigenvalue weighted by atomic mass is 9.82. The van der Waals surface area contributed by atoms with E-state index in [4.69, 9.17) is 29.0 Å². The highest BCUT2D eigenvalue weighted by Crippen LogP contribution is 2.60. The fraction of sp³-hybridized carbons (Fsp3) is 0.630. The number of nitrogens with two attached hydrogens (primary N) is 1. The number of anilines is 1. The van der Waals surface area contributed by atoms with E-state index >= 15 is 0 Å². The van der Waals surface area contributed by atoms with Gasteiger partial charge < -0.3 is 55.3 Å². The minimum Gasteiger partial charge on any atom is -0.462 e. The molecule has 0 spiro atoms. The number of ether oxygens (including phenoxy) is 3. The van der Waals surface area contributed by atoms with Crippen molar-refractivity contribution < 1.29 is 81.6 Å². The summed E-state index contributed by atoms with van der Waals surface area (Å²) in [7, 11) is -11.3. The van der Waals surface area contributed by atoms with E-state index in [0.717, 1.165) is 43.1 Å². The third-order valence-corrected chi connectivity index (χ3v) is 15.1. The number of carbonyl (C=O) groups excluding carboxylic acids is 2. The van der Waals surface area contributed by atoms with Crippen molar-refractivity contribution in [2.45, 2.75) is 185 Å². The molecule has 1 saturated heterocycles. The molecule has 1 fully saturated rings. The van der Waals surface area contributed by atoms with Crippen molar-refractivity contribution in [1.29, 1.82) is 0 Å². The van der Waals surface area contributed by atoms with Gasteiger partial charge in [-0.1, -0.05) is 131 Å². The van der Waals surface area contributed by atoms with E-state index in [-0.39, 0.29) is 37.9 Å². The quantitative estimate of drug-likeness (QED) is 0.0224. The van der Waals surface area contributed by atoms with E-state index in [1.165, 1.54) is 43.7 Å². The number of fused-ring (bicyclic) bond motifs is 3. The van der Waals surface area contributed by atoms with E-state index < -0.39 is 120 Å². The zero-order valence-corrected chi connectivity index (χ0v) is 46.3. The van der Waals surface area contributed by atoms with Gasteiger partial charge in [-0.05, 0) is 76.7 Å². The minimum absolute atomic E-state index is 0.0937. The van der Waals surface area contributed by atoms with Crippen molar-refractivity contribution >= 4 is 33.4 Å². The van der Waals surface area contributed by atoms with Crippen LogP contribution in [-0.2, 0) is 46.3 Å². The highest BCUT2D eigenvalue weighted by atomic mass is 31.3. The molecular formula is C54H85N3O18P2. The lowest BCUT2D eigenvalue weighted by Crippen LogP contribution is -2.52. The van der Waals surface area contributed by atoms with Gasteiger partial charge in [0.15, 0.2) is 6.10 Å². The van der Waals surface area contributed by atoms with Crippen LogP contribution in [0.25, 0.3) is 0 Å². The van der Waals surface area contributed by atoms with E-state index in [2.05, 4.69) is 52.7 Å².